The molecule has 3 aromatic rings. The average Bonchev–Trinajstić information content (AvgIpc) is 2.70. The Morgan fingerprint density at radius 2 is 1.70 bits per heavy atom. The van der Waals surface area contributed by atoms with Crippen molar-refractivity contribution in [3.8, 4) is 11.5 Å². The van der Waals surface area contributed by atoms with Crippen LogP contribution < -0.4 is 20.1 Å². The maximum atomic E-state index is 12.4. The van der Waals surface area contributed by atoms with Crippen LogP contribution in [0.5, 0.6) is 11.5 Å². The van der Waals surface area contributed by atoms with Gasteiger partial charge in [0.05, 0.1) is 14.2 Å². The number of benzene rings is 2. The Morgan fingerprint density at radius 1 is 0.926 bits per heavy atom. The summed E-state index contributed by atoms with van der Waals surface area (Å²) in [6.07, 6.45) is 0. The molecule has 0 aliphatic carbocycles. The minimum Gasteiger partial charge on any atom is -0.493 e. The Bertz CT molecular complexity index is 942. The van der Waals surface area contributed by atoms with Gasteiger partial charge in [-0.2, -0.15) is 0 Å². The lowest BCUT2D eigenvalue weighted by molar-refractivity contribution is 0.102. The monoisotopic (exact) mass is 364 g/mol. The van der Waals surface area contributed by atoms with Gasteiger partial charge in [0, 0.05) is 17.4 Å². The number of carbonyl (C=O) groups excluding carboxylic acids is 1. The molecule has 138 valence electrons. The van der Waals surface area contributed by atoms with E-state index >= 15 is 0 Å². The number of hydrogen-bond acceptors (Lipinski definition) is 6. The van der Waals surface area contributed by atoms with Gasteiger partial charge in [0.2, 0.25) is 0 Å². The maximum Gasteiger partial charge on any atom is 0.276 e. The van der Waals surface area contributed by atoms with Crippen molar-refractivity contribution in [1.82, 2.24) is 10.2 Å². The van der Waals surface area contributed by atoms with Crippen LogP contribution in [0.1, 0.15) is 16.1 Å². The molecule has 0 bridgehead atoms. The predicted octanol–water partition coefficient (Wildman–Crippen LogP) is 3.80. The molecule has 2 N–H and O–H groups in total. The van der Waals surface area contributed by atoms with Crippen molar-refractivity contribution in [2.45, 2.75) is 6.92 Å². The quantitative estimate of drug-likeness (QED) is 0.692. The zero-order valence-corrected chi connectivity index (χ0v) is 15.3. The first-order valence-corrected chi connectivity index (χ1v) is 8.30. The summed E-state index contributed by atoms with van der Waals surface area (Å²) < 4.78 is 10.4. The average molecular weight is 364 g/mol. The highest BCUT2D eigenvalue weighted by atomic mass is 16.5. The third-order valence-electron chi connectivity index (χ3n) is 3.95. The minimum atomic E-state index is -0.364. The molecule has 0 spiro atoms. The molecular formula is C20H20N4O3. The summed E-state index contributed by atoms with van der Waals surface area (Å²) in [7, 11) is 3.09. The van der Waals surface area contributed by atoms with E-state index in [-0.39, 0.29) is 11.6 Å². The van der Waals surface area contributed by atoms with Gasteiger partial charge in [0.25, 0.3) is 5.91 Å². The second-order valence-electron chi connectivity index (χ2n) is 5.77. The molecule has 0 aliphatic rings. The molecule has 3 rings (SSSR count). The van der Waals surface area contributed by atoms with Crippen LogP contribution in [-0.2, 0) is 0 Å². The predicted molar refractivity (Wildman–Crippen MR) is 104 cm³/mol. The van der Waals surface area contributed by atoms with E-state index in [0.29, 0.717) is 23.0 Å². The van der Waals surface area contributed by atoms with Crippen molar-refractivity contribution in [2.24, 2.45) is 0 Å². The molecule has 1 amide bonds. The molecule has 0 saturated carbocycles. The fraction of sp³-hybridized carbons (Fsp3) is 0.150. The number of para-hydroxylation sites is 1. The van der Waals surface area contributed by atoms with Crippen molar-refractivity contribution >= 4 is 23.1 Å². The first kappa shape index (κ1) is 18.2. The van der Waals surface area contributed by atoms with Crippen molar-refractivity contribution < 1.29 is 14.3 Å². The van der Waals surface area contributed by atoms with Gasteiger partial charge in [-0.25, -0.2) is 0 Å². The van der Waals surface area contributed by atoms with Gasteiger partial charge in [-0.15, -0.1) is 10.2 Å². The second kappa shape index (κ2) is 8.18. The number of hydrogen-bond donors (Lipinski definition) is 2. The van der Waals surface area contributed by atoms with Gasteiger partial charge < -0.3 is 20.1 Å². The summed E-state index contributed by atoms with van der Waals surface area (Å²) in [5, 5.41) is 14.0. The zero-order valence-electron chi connectivity index (χ0n) is 15.3. The van der Waals surface area contributed by atoms with Gasteiger partial charge in [-0.05, 0) is 42.8 Å². The van der Waals surface area contributed by atoms with E-state index < -0.39 is 0 Å². The number of aryl methyl sites for hydroxylation is 1. The zero-order chi connectivity index (χ0) is 19.2. The third kappa shape index (κ3) is 4.33. The minimum absolute atomic E-state index is 0.208. The molecule has 1 heterocycles. The van der Waals surface area contributed by atoms with Crippen molar-refractivity contribution in [3.05, 3.63) is 65.9 Å². The van der Waals surface area contributed by atoms with E-state index in [4.69, 9.17) is 9.47 Å². The standard InChI is InChI=1S/C20H20N4O3/c1-13-6-4-5-7-15(13)22-19-11-9-16(23-24-19)20(25)21-14-8-10-17(26-2)18(12-14)27-3/h4-12H,1-3H3,(H,21,25)(H,22,24). The molecule has 0 fully saturated rings. The Hall–Kier alpha value is -3.61. The lowest BCUT2D eigenvalue weighted by Gasteiger charge is -2.11. The van der Waals surface area contributed by atoms with Crippen LogP contribution in [0.15, 0.2) is 54.6 Å². The summed E-state index contributed by atoms with van der Waals surface area (Å²) in [5.41, 5.74) is 2.81. The summed E-state index contributed by atoms with van der Waals surface area (Å²) >= 11 is 0. The molecule has 27 heavy (non-hydrogen) atoms. The largest absolute Gasteiger partial charge is 0.493 e. The van der Waals surface area contributed by atoms with E-state index in [1.165, 1.54) is 7.11 Å². The molecule has 1 aromatic heterocycles. The SMILES string of the molecule is COc1ccc(NC(=O)c2ccc(Nc3ccccc3C)nn2)cc1OC. The van der Waals surface area contributed by atoms with Crippen LogP contribution in [0.25, 0.3) is 0 Å². The van der Waals surface area contributed by atoms with Crippen molar-refractivity contribution in [1.29, 1.82) is 0 Å². The number of methoxy groups -OCH3 is 2. The normalized spacial score (nSPS) is 10.2. The summed E-state index contributed by atoms with van der Waals surface area (Å²) in [6.45, 7) is 2.00. The number of rotatable bonds is 6. The molecular weight excluding hydrogens is 344 g/mol. The van der Waals surface area contributed by atoms with Gasteiger partial charge in [-0.1, -0.05) is 18.2 Å². The molecule has 7 heteroatoms. The summed E-state index contributed by atoms with van der Waals surface area (Å²) in [6, 6.07) is 16.3. The van der Waals surface area contributed by atoms with E-state index in [2.05, 4.69) is 20.8 Å². The number of nitrogens with zero attached hydrogens (tertiary/aromatic N) is 2. The fourth-order valence-corrected chi connectivity index (χ4v) is 2.48. The molecule has 0 atom stereocenters. The third-order valence-corrected chi connectivity index (χ3v) is 3.95. The number of amides is 1. The van der Waals surface area contributed by atoms with Gasteiger partial charge in [-0.3, -0.25) is 4.79 Å². The van der Waals surface area contributed by atoms with Crippen molar-refractivity contribution in [2.75, 3.05) is 24.9 Å². The topological polar surface area (TPSA) is 85.4 Å². The van der Waals surface area contributed by atoms with E-state index in [1.54, 1.807) is 37.4 Å². The van der Waals surface area contributed by atoms with E-state index in [1.807, 2.05) is 31.2 Å². The van der Waals surface area contributed by atoms with Crippen molar-refractivity contribution in [3.63, 3.8) is 0 Å². The van der Waals surface area contributed by atoms with Gasteiger partial charge in [0.1, 0.15) is 0 Å². The van der Waals surface area contributed by atoms with Crippen LogP contribution in [0.2, 0.25) is 0 Å². The Labute approximate surface area is 157 Å². The number of carbonyl (C=O) groups is 1. The van der Waals surface area contributed by atoms with Crippen LogP contribution >= 0.6 is 0 Å². The highest BCUT2D eigenvalue weighted by molar-refractivity contribution is 6.03. The highest BCUT2D eigenvalue weighted by Crippen LogP contribution is 2.29. The second-order valence-corrected chi connectivity index (χ2v) is 5.77. The highest BCUT2D eigenvalue weighted by Gasteiger charge is 2.11. The maximum absolute atomic E-state index is 12.4. The van der Waals surface area contributed by atoms with Crippen LogP contribution in [0.4, 0.5) is 17.2 Å². The Balaban J connectivity index is 1.70. The number of anilines is 3. The molecule has 2 aromatic carbocycles. The fourth-order valence-electron chi connectivity index (χ4n) is 2.48. The lowest BCUT2D eigenvalue weighted by Crippen LogP contribution is -2.14. The molecule has 0 aliphatic heterocycles. The van der Waals surface area contributed by atoms with Crippen LogP contribution in [0, 0.1) is 6.92 Å². The molecule has 0 saturated heterocycles. The smallest absolute Gasteiger partial charge is 0.276 e. The van der Waals surface area contributed by atoms with E-state index in [9.17, 15) is 4.79 Å². The Kier molecular flexibility index (Phi) is 5.51. The number of aromatic nitrogens is 2. The summed E-state index contributed by atoms with van der Waals surface area (Å²) in [4.78, 5) is 12.4. The molecule has 0 unspecified atom stereocenters. The number of ether oxygens (including phenoxy) is 2. The first-order valence-electron chi connectivity index (χ1n) is 8.30. The molecule has 7 nitrogen and oxygen atoms in total. The first-order chi connectivity index (χ1) is 13.1. The summed E-state index contributed by atoms with van der Waals surface area (Å²) in [5.74, 6) is 1.31. The van der Waals surface area contributed by atoms with Gasteiger partial charge in [0.15, 0.2) is 23.0 Å². The van der Waals surface area contributed by atoms with Crippen LogP contribution in [0.3, 0.4) is 0 Å². The number of nitrogens with one attached hydrogen (secondary N) is 2. The van der Waals surface area contributed by atoms with Crippen LogP contribution in [-0.4, -0.2) is 30.3 Å². The van der Waals surface area contributed by atoms with Gasteiger partial charge >= 0.3 is 0 Å². The Morgan fingerprint density at radius 3 is 2.37 bits per heavy atom. The molecule has 0 radical (unpaired) electrons. The van der Waals surface area contributed by atoms with E-state index in [0.717, 1.165) is 11.3 Å². The lowest BCUT2D eigenvalue weighted by atomic mass is 10.2.